The van der Waals surface area contributed by atoms with Gasteiger partial charge in [0.2, 0.25) is 5.88 Å². The lowest BCUT2D eigenvalue weighted by Gasteiger charge is -2.32. The number of rotatable bonds is 3. The smallest absolute Gasteiger partial charge is 0.253 e. The molecule has 1 fully saturated rings. The van der Waals surface area contributed by atoms with Gasteiger partial charge in [-0.05, 0) is 36.1 Å². The average Bonchev–Trinajstić information content (AvgIpc) is 2.63. The van der Waals surface area contributed by atoms with E-state index < -0.39 is 0 Å². The number of hydrogen-bond donors (Lipinski definition) is 0. The molecule has 0 N–H and O–H groups in total. The predicted molar refractivity (Wildman–Crippen MR) is 101 cm³/mol. The van der Waals surface area contributed by atoms with Gasteiger partial charge in [0, 0.05) is 37.6 Å². The lowest BCUT2D eigenvalue weighted by Crippen LogP contribution is -2.41. The molecule has 2 heterocycles. The monoisotopic (exact) mass is 353 g/mol. The predicted octanol–water partition coefficient (Wildman–Crippen LogP) is 3.77. The van der Waals surface area contributed by atoms with Gasteiger partial charge in [0.1, 0.15) is 6.10 Å². The highest BCUT2D eigenvalue weighted by atomic mass is 16.5. The maximum atomic E-state index is 12.7. The van der Waals surface area contributed by atoms with Crippen molar-refractivity contribution in [3.8, 4) is 5.88 Å². The van der Waals surface area contributed by atoms with Gasteiger partial charge in [0.15, 0.2) is 0 Å². The summed E-state index contributed by atoms with van der Waals surface area (Å²) in [5.41, 5.74) is 2.95. The lowest BCUT2D eigenvalue weighted by molar-refractivity contribution is 0.0586. The molecule has 0 spiro atoms. The van der Waals surface area contributed by atoms with E-state index in [2.05, 4.69) is 43.1 Å². The van der Waals surface area contributed by atoms with E-state index in [1.807, 2.05) is 36.1 Å². The van der Waals surface area contributed by atoms with Gasteiger partial charge in [0.05, 0.1) is 5.69 Å². The van der Waals surface area contributed by atoms with E-state index in [1.165, 1.54) is 5.56 Å². The molecule has 1 saturated heterocycles. The number of aromatic nitrogens is 2. The number of likely N-dealkylation sites (tertiary alicyclic amines) is 1. The zero-order valence-corrected chi connectivity index (χ0v) is 16.0. The summed E-state index contributed by atoms with van der Waals surface area (Å²) in [6.45, 7) is 9.82. The normalized spacial score (nSPS) is 15.8. The molecule has 1 amide bonds. The van der Waals surface area contributed by atoms with Crippen LogP contribution in [0, 0.1) is 6.92 Å². The molecule has 0 unspecified atom stereocenters. The molecule has 0 radical (unpaired) electrons. The maximum absolute atomic E-state index is 12.7. The number of carbonyl (C=O) groups excluding carboxylic acids is 1. The Bertz CT molecular complexity index is 740. The largest absolute Gasteiger partial charge is 0.473 e. The number of piperidine rings is 1. The van der Waals surface area contributed by atoms with E-state index in [-0.39, 0.29) is 17.4 Å². The Morgan fingerprint density at radius 2 is 1.69 bits per heavy atom. The molecule has 26 heavy (non-hydrogen) atoms. The molecule has 2 aromatic rings. The molecule has 1 aliphatic heterocycles. The molecule has 0 atom stereocenters. The van der Waals surface area contributed by atoms with Crippen molar-refractivity contribution in [1.82, 2.24) is 15.1 Å². The third-order valence-electron chi connectivity index (χ3n) is 4.79. The molecular weight excluding hydrogens is 326 g/mol. The molecule has 3 rings (SSSR count). The van der Waals surface area contributed by atoms with Gasteiger partial charge in [-0.15, -0.1) is 5.10 Å². The van der Waals surface area contributed by atoms with Crippen molar-refractivity contribution in [3.05, 3.63) is 53.2 Å². The van der Waals surface area contributed by atoms with Crippen LogP contribution in [-0.4, -0.2) is 40.2 Å². The molecule has 0 aliphatic carbocycles. The van der Waals surface area contributed by atoms with Crippen LogP contribution < -0.4 is 4.74 Å². The van der Waals surface area contributed by atoms with Crippen molar-refractivity contribution >= 4 is 5.91 Å². The highest BCUT2D eigenvalue weighted by Gasteiger charge is 2.25. The van der Waals surface area contributed by atoms with Crippen molar-refractivity contribution in [3.63, 3.8) is 0 Å². The summed E-state index contributed by atoms with van der Waals surface area (Å²) < 4.78 is 5.89. The van der Waals surface area contributed by atoms with Gasteiger partial charge in [-0.3, -0.25) is 4.79 Å². The number of hydrogen-bond acceptors (Lipinski definition) is 4. The number of nitrogens with zero attached hydrogens (tertiary/aromatic N) is 3. The quantitative estimate of drug-likeness (QED) is 0.843. The molecule has 0 saturated carbocycles. The number of aryl methyl sites for hydroxylation is 1. The minimum absolute atomic E-state index is 0.0827. The lowest BCUT2D eigenvalue weighted by atomic mass is 9.86. The van der Waals surface area contributed by atoms with Gasteiger partial charge in [0.25, 0.3) is 5.91 Å². The first-order valence-electron chi connectivity index (χ1n) is 9.20. The number of ether oxygens (including phenoxy) is 1. The number of benzene rings is 1. The molecule has 1 aromatic heterocycles. The van der Waals surface area contributed by atoms with Crippen molar-refractivity contribution in [2.45, 2.75) is 52.1 Å². The van der Waals surface area contributed by atoms with E-state index in [0.29, 0.717) is 19.0 Å². The summed E-state index contributed by atoms with van der Waals surface area (Å²) in [6.07, 6.45) is 1.70. The first-order valence-corrected chi connectivity index (χ1v) is 9.20. The third kappa shape index (κ3) is 4.40. The van der Waals surface area contributed by atoms with E-state index in [9.17, 15) is 4.79 Å². The second kappa shape index (κ2) is 7.44. The van der Waals surface area contributed by atoms with Crippen molar-refractivity contribution in [2.24, 2.45) is 0 Å². The zero-order valence-electron chi connectivity index (χ0n) is 16.0. The highest BCUT2D eigenvalue weighted by molar-refractivity contribution is 5.94. The molecule has 1 aromatic carbocycles. The molecule has 5 heteroatoms. The fourth-order valence-electron chi connectivity index (χ4n) is 3.09. The van der Waals surface area contributed by atoms with Gasteiger partial charge < -0.3 is 9.64 Å². The minimum atomic E-state index is 0.0827. The fraction of sp³-hybridized carbons (Fsp3) is 0.476. The van der Waals surface area contributed by atoms with Crippen LogP contribution in [0.2, 0.25) is 0 Å². The third-order valence-corrected chi connectivity index (χ3v) is 4.79. The van der Waals surface area contributed by atoms with Gasteiger partial charge in [-0.2, -0.15) is 5.10 Å². The second-order valence-corrected chi connectivity index (χ2v) is 7.95. The SMILES string of the molecule is Cc1ccc(OC2CCN(C(=O)c3ccc(C(C)(C)C)cc3)CC2)nn1. The Kier molecular flexibility index (Phi) is 5.25. The molecule has 138 valence electrons. The average molecular weight is 353 g/mol. The Balaban J connectivity index is 1.55. The first kappa shape index (κ1) is 18.4. The highest BCUT2D eigenvalue weighted by Crippen LogP contribution is 2.23. The Morgan fingerprint density at radius 3 is 2.23 bits per heavy atom. The van der Waals surface area contributed by atoms with Crippen LogP contribution in [0.3, 0.4) is 0 Å². The fourth-order valence-corrected chi connectivity index (χ4v) is 3.09. The molecule has 1 aliphatic rings. The van der Waals surface area contributed by atoms with Gasteiger partial charge in [-0.25, -0.2) is 0 Å². The van der Waals surface area contributed by atoms with Crippen LogP contribution in [-0.2, 0) is 5.41 Å². The van der Waals surface area contributed by atoms with E-state index in [4.69, 9.17) is 4.74 Å². The van der Waals surface area contributed by atoms with E-state index in [1.54, 1.807) is 0 Å². The van der Waals surface area contributed by atoms with Crippen LogP contribution >= 0.6 is 0 Å². The minimum Gasteiger partial charge on any atom is -0.473 e. The van der Waals surface area contributed by atoms with Crippen molar-refractivity contribution in [1.29, 1.82) is 0 Å². The Morgan fingerprint density at radius 1 is 1.04 bits per heavy atom. The van der Waals surface area contributed by atoms with Crippen LogP contribution in [0.25, 0.3) is 0 Å². The summed E-state index contributed by atoms with van der Waals surface area (Å²) >= 11 is 0. The Labute approximate surface area is 155 Å². The van der Waals surface area contributed by atoms with Crippen LogP contribution in [0.1, 0.15) is 55.2 Å². The molecule has 5 nitrogen and oxygen atoms in total. The molecular formula is C21H27N3O2. The van der Waals surface area contributed by atoms with Gasteiger partial charge >= 0.3 is 0 Å². The number of carbonyl (C=O) groups is 1. The second-order valence-electron chi connectivity index (χ2n) is 7.95. The summed E-state index contributed by atoms with van der Waals surface area (Å²) in [5.74, 6) is 0.650. The van der Waals surface area contributed by atoms with E-state index in [0.717, 1.165) is 24.1 Å². The zero-order chi connectivity index (χ0) is 18.7. The van der Waals surface area contributed by atoms with Crippen molar-refractivity contribution < 1.29 is 9.53 Å². The first-order chi connectivity index (χ1) is 12.3. The summed E-state index contributed by atoms with van der Waals surface area (Å²) in [6, 6.07) is 11.7. The van der Waals surface area contributed by atoms with Gasteiger partial charge in [-0.1, -0.05) is 32.9 Å². The summed E-state index contributed by atoms with van der Waals surface area (Å²) in [5, 5.41) is 8.06. The topological polar surface area (TPSA) is 55.3 Å². The Hall–Kier alpha value is -2.43. The molecule has 0 bridgehead atoms. The maximum Gasteiger partial charge on any atom is 0.253 e. The van der Waals surface area contributed by atoms with Crippen LogP contribution in [0.15, 0.2) is 36.4 Å². The van der Waals surface area contributed by atoms with Crippen molar-refractivity contribution in [2.75, 3.05) is 13.1 Å². The van der Waals surface area contributed by atoms with Crippen LogP contribution in [0.4, 0.5) is 0 Å². The standard InChI is InChI=1S/C21H27N3O2/c1-15-5-10-19(23-22-15)26-18-11-13-24(14-12-18)20(25)16-6-8-17(9-7-16)21(2,3)4/h5-10,18H,11-14H2,1-4H3. The van der Waals surface area contributed by atoms with Crippen LogP contribution in [0.5, 0.6) is 5.88 Å². The summed E-state index contributed by atoms with van der Waals surface area (Å²) in [7, 11) is 0. The van der Waals surface area contributed by atoms with E-state index >= 15 is 0 Å². The summed E-state index contributed by atoms with van der Waals surface area (Å²) in [4.78, 5) is 14.6. The number of amides is 1.